The maximum atomic E-state index is 11.1. The van der Waals surface area contributed by atoms with Gasteiger partial charge in [0.05, 0.1) is 23.7 Å². The molecule has 0 unspecified atom stereocenters. The van der Waals surface area contributed by atoms with Crippen molar-refractivity contribution in [3.8, 4) is 0 Å². The smallest absolute Gasteiger partial charge is 0.338 e. The third kappa shape index (κ3) is 5.36. The molecule has 1 rings (SSSR count). The monoisotopic (exact) mass is 298 g/mol. The number of nitro benzene ring substituents is 1. The first-order valence-corrected chi connectivity index (χ1v) is 6.39. The highest BCUT2D eigenvalue weighted by atomic mass is 16.6. The van der Waals surface area contributed by atoms with E-state index in [1.54, 1.807) is 7.11 Å². The highest BCUT2D eigenvalue weighted by Gasteiger charge is 2.20. The summed E-state index contributed by atoms with van der Waals surface area (Å²) in [6.07, 6.45) is 0.592. The second-order valence-corrected chi connectivity index (χ2v) is 4.15. The van der Waals surface area contributed by atoms with Gasteiger partial charge in [-0.05, 0) is 12.5 Å². The Kier molecular flexibility index (Phi) is 7.13. The zero-order chi connectivity index (χ0) is 15.7. The molecule has 1 aromatic carbocycles. The molecule has 8 nitrogen and oxygen atoms in total. The van der Waals surface area contributed by atoms with Gasteiger partial charge in [0.1, 0.15) is 5.69 Å². The van der Waals surface area contributed by atoms with Gasteiger partial charge in [0.25, 0.3) is 5.69 Å². The van der Waals surface area contributed by atoms with E-state index in [0.29, 0.717) is 32.8 Å². The molecule has 8 heteroatoms. The minimum Gasteiger partial charge on any atom is -0.478 e. The van der Waals surface area contributed by atoms with Crippen LogP contribution in [0.2, 0.25) is 0 Å². The van der Waals surface area contributed by atoms with Crippen molar-refractivity contribution in [1.29, 1.82) is 0 Å². The normalized spacial score (nSPS) is 10.3. The van der Waals surface area contributed by atoms with Crippen LogP contribution in [0.25, 0.3) is 0 Å². The van der Waals surface area contributed by atoms with Gasteiger partial charge in [-0.25, -0.2) is 4.79 Å². The van der Waals surface area contributed by atoms with Crippen LogP contribution in [-0.2, 0) is 9.47 Å². The zero-order valence-electron chi connectivity index (χ0n) is 11.7. The number of benzene rings is 1. The molecule has 21 heavy (non-hydrogen) atoms. The molecule has 0 aliphatic rings. The summed E-state index contributed by atoms with van der Waals surface area (Å²) >= 11 is 0. The number of nitrogens with one attached hydrogen (secondary N) is 1. The fourth-order valence-electron chi connectivity index (χ4n) is 1.69. The third-order valence-electron chi connectivity index (χ3n) is 2.67. The quantitative estimate of drug-likeness (QED) is 0.384. The molecule has 2 N–H and O–H groups in total. The van der Waals surface area contributed by atoms with Gasteiger partial charge in [-0.3, -0.25) is 10.1 Å². The average Bonchev–Trinajstić information content (AvgIpc) is 2.45. The van der Waals surface area contributed by atoms with Crippen molar-refractivity contribution in [2.75, 3.05) is 38.8 Å². The Morgan fingerprint density at radius 1 is 1.38 bits per heavy atom. The van der Waals surface area contributed by atoms with Crippen LogP contribution in [0.1, 0.15) is 16.8 Å². The summed E-state index contributed by atoms with van der Waals surface area (Å²) in [7, 11) is 1.58. The van der Waals surface area contributed by atoms with Crippen LogP contribution >= 0.6 is 0 Å². The lowest BCUT2D eigenvalue weighted by atomic mass is 10.1. The summed E-state index contributed by atoms with van der Waals surface area (Å²) in [4.78, 5) is 21.4. The molecular weight excluding hydrogens is 280 g/mol. The van der Waals surface area contributed by atoms with Gasteiger partial charge in [0.2, 0.25) is 0 Å². The molecule has 0 amide bonds. The SMILES string of the molecule is COCCOCCCNc1c(C(=O)O)cccc1[N+](=O)[O-]. The molecule has 1 aromatic rings. The largest absolute Gasteiger partial charge is 0.478 e. The van der Waals surface area contributed by atoms with Crippen LogP contribution in [0.4, 0.5) is 11.4 Å². The summed E-state index contributed by atoms with van der Waals surface area (Å²) in [6.45, 7) is 1.81. The number of carboxylic acid groups (broad SMARTS) is 1. The minimum absolute atomic E-state index is 0.0203. The number of hydrogen-bond acceptors (Lipinski definition) is 6. The Labute approximate surface area is 121 Å². The van der Waals surface area contributed by atoms with Crippen LogP contribution in [0, 0.1) is 10.1 Å². The molecule has 0 heterocycles. The molecule has 0 aliphatic carbocycles. The number of methoxy groups -OCH3 is 1. The molecule has 0 fully saturated rings. The predicted molar refractivity (Wildman–Crippen MR) is 75.9 cm³/mol. The van der Waals surface area contributed by atoms with Gasteiger partial charge in [-0.2, -0.15) is 0 Å². The first-order valence-electron chi connectivity index (χ1n) is 6.39. The zero-order valence-corrected chi connectivity index (χ0v) is 11.7. The third-order valence-corrected chi connectivity index (χ3v) is 2.67. The molecule has 116 valence electrons. The second kappa shape index (κ2) is 8.88. The average molecular weight is 298 g/mol. The van der Waals surface area contributed by atoms with Crippen molar-refractivity contribution in [2.24, 2.45) is 0 Å². The lowest BCUT2D eigenvalue weighted by Gasteiger charge is -2.10. The summed E-state index contributed by atoms with van der Waals surface area (Å²) in [6, 6.07) is 3.94. The maximum absolute atomic E-state index is 11.1. The molecule has 0 bridgehead atoms. The van der Waals surface area contributed by atoms with Crippen molar-refractivity contribution >= 4 is 17.3 Å². The number of anilines is 1. The van der Waals surface area contributed by atoms with Crippen molar-refractivity contribution in [1.82, 2.24) is 0 Å². The highest BCUT2D eigenvalue weighted by molar-refractivity contribution is 5.96. The van der Waals surface area contributed by atoms with Gasteiger partial charge in [-0.15, -0.1) is 0 Å². The van der Waals surface area contributed by atoms with E-state index in [4.69, 9.17) is 14.6 Å². The van der Waals surface area contributed by atoms with E-state index in [2.05, 4.69) is 5.32 Å². The first kappa shape index (κ1) is 16.9. The maximum Gasteiger partial charge on any atom is 0.338 e. The number of ether oxygens (including phenoxy) is 2. The fourth-order valence-corrected chi connectivity index (χ4v) is 1.69. The van der Waals surface area contributed by atoms with Crippen molar-refractivity contribution in [2.45, 2.75) is 6.42 Å². The molecule has 0 spiro atoms. The van der Waals surface area contributed by atoms with Gasteiger partial charge in [0, 0.05) is 26.3 Å². The standard InChI is InChI=1S/C13H18N2O6/c1-20-8-9-21-7-3-6-14-12-10(13(16)17)4-2-5-11(12)15(18)19/h2,4-5,14H,3,6-9H2,1H3,(H,16,17). The predicted octanol–water partition coefficient (Wildman–Crippen LogP) is 1.76. The van der Waals surface area contributed by atoms with Gasteiger partial charge < -0.3 is 19.9 Å². The van der Waals surface area contributed by atoms with E-state index in [1.165, 1.54) is 18.2 Å². The van der Waals surface area contributed by atoms with Crippen molar-refractivity contribution < 1.29 is 24.3 Å². The van der Waals surface area contributed by atoms with E-state index >= 15 is 0 Å². The van der Waals surface area contributed by atoms with Gasteiger partial charge in [0.15, 0.2) is 0 Å². The van der Waals surface area contributed by atoms with Crippen molar-refractivity contribution in [3.05, 3.63) is 33.9 Å². The van der Waals surface area contributed by atoms with E-state index in [0.717, 1.165) is 0 Å². The first-order chi connectivity index (χ1) is 10.1. The summed E-state index contributed by atoms with van der Waals surface area (Å²) in [5.41, 5.74) is -0.355. The van der Waals surface area contributed by atoms with Crippen LogP contribution in [0.15, 0.2) is 18.2 Å². The lowest BCUT2D eigenvalue weighted by molar-refractivity contribution is -0.384. The number of carbonyl (C=O) groups is 1. The summed E-state index contributed by atoms with van der Waals surface area (Å²) in [5, 5.41) is 22.8. The van der Waals surface area contributed by atoms with E-state index in [1.807, 2.05) is 0 Å². The highest BCUT2D eigenvalue weighted by Crippen LogP contribution is 2.28. The molecule has 0 aromatic heterocycles. The molecule has 0 aliphatic heterocycles. The topological polar surface area (TPSA) is 111 Å². The number of para-hydroxylation sites is 1. The molecule has 0 saturated heterocycles. The van der Waals surface area contributed by atoms with Crippen molar-refractivity contribution in [3.63, 3.8) is 0 Å². The Hall–Kier alpha value is -2.19. The summed E-state index contributed by atoms with van der Waals surface area (Å²) in [5.74, 6) is -1.21. The number of hydrogen-bond donors (Lipinski definition) is 2. The second-order valence-electron chi connectivity index (χ2n) is 4.15. The minimum atomic E-state index is -1.21. The van der Waals surface area contributed by atoms with Crippen LogP contribution in [-0.4, -0.2) is 49.5 Å². The van der Waals surface area contributed by atoms with E-state index in [-0.39, 0.29) is 16.9 Å². The lowest BCUT2D eigenvalue weighted by Crippen LogP contribution is -2.12. The number of nitro groups is 1. The molecule has 0 radical (unpaired) electrons. The Bertz CT molecular complexity index is 459. The molecule has 0 saturated carbocycles. The van der Waals surface area contributed by atoms with E-state index < -0.39 is 10.9 Å². The number of nitrogens with zero attached hydrogens (tertiary/aromatic N) is 1. The Morgan fingerprint density at radius 3 is 2.76 bits per heavy atom. The van der Waals surface area contributed by atoms with Crippen LogP contribution in [0.3, 0.4) is 0 Å². The number of carboxylic acids is 1. The van der Waals surface area contributed by atoms with Gasteiger partial charge in [-0.1, -0.05) is 6.07 Å². The fraction of sp³-hybridized carbons (Fsp3) is 0.462. The number of rotatable bonds is 10. The number of aromatic carboxylic acids is 1. The van der Waals surface area contributed by atoms with Gasteiger partial charge >= 0.3 is 5.97 Å². The van der Waals surface area contributed by atoms with E-state index in [9.17, 15) is 14.9 Å². The summed E-state index contributed by atoms with van der Waals surface area (Å²) < 4.78 is 10.1. The van der Waals surface area contributed by atoms with Crippen LogP contribution in [0.5, 0.6) is 0 Å². The molecule has 0 atom stereocenters. The Morgan fingerprint density at radius 2 is 2.14 bits per heavy atom. The van der Waals surface area contributed by atoms with Crippen LogP contribution < -0.4 is 5.32 Å². The molecular formula is C13H18N2O6. The Balaban J connectivity index is 2.60.